The minimum atomic E-state index is -0.251. The Kier molecular flexibility index (Phi) is 6.31. The van der Waals surface area contributed by atoms with Crippen LogP contribution in [0.1, 0.15) is 11.1 Å². The first-order valence-corrected chi connectivity index (χ1v) is 10.4. The molecule has 0 bridgehead atoms. The molecule has 0 spiro atoms. The first-order valence-electron chi connectivity index (χ1n) is 10.4. The molecule has 0 saturated carbocycles. The molecule has 1 N–H and O–H groups in total. The van der Waals surface area contributed by atoms with Crippen LogP contribution in [0.2, 0.25) is 0 Å². The monoisotopic (exact) mass is 443 g/mol. The molecule has 4 rings (SSSR count). The molecule has 1 amide bonds. The van der Waals surface area contributed by atoms with Crippen molar-refractivity contribution in [1.29, 1.82) is 0 Å². The number of amides is 1. The van der Waals surface area contributed by atoms with Crippen LogP contribution in [0.3, 0.4) is 0 Å². The first-order chi connectivity index (χ1) is 16.0. The van der Waals surface area contributed by atoms with E-state index < -0.39 is 0 Å². The fourth-order valence-electron chi connectivity index (χ4n) is 3.53. The van der Waals surface area contributed by atoms with E-state index in [1.54, 1.807) is 39.5 Å². The summed E-state index contributed by atoms with van der Waals surface area (Å²) >= 11 is 0. The number of hydrogen-bond donors (Lipinski definition) is 1. The number of carbonyl (C=O) groups is 1. The second-order valence-electron chi connectivity index (χ2n) is 7.40. The molecule has 33 heavy (non-hydrogen) atoms. The van der Waals surface area contributed by atoms with Gasteiger partial charge in [-0.2, -0.15) is 0 Å². The summed E-state index contributed by atoms with van der Waals surface area (Å²) in [6.07, 6.45) is 7.09. The van der Waals surface area contributed by atoms with Crippen LogP contribution in [0.25, 0.3) is 23.0 Å². The number of aryl methyl sites for hydroxylation is 1. The topological polar surface area (TPSA) is 74.1 Å². The van der Waals surface area contributed by atoms with Gasteiger partial charge in [0.05, 0.1) is 27.0 Å². The maximum absolute atomic E-state index is 12.7. The molecule has 0 radical (unpaired) electrons. The van der Waals surface area contributed by atoms with Crippen LogP contribution < -0.4 is 19.5 Å². The van der Waals surface area contributed by atoms with E-state index in [2.05, 4.69) is 10.3 Å². The largest absolute Gasteiger partial charge is 0.493 e. The highest BCUT2D eigenvalue weighted by molar-refractivity contribution is 6.02. The Hall–Kier alpha value is -4.26. The standard InChI is InChI=1S/C26H25N3O4/c1-17-8-10-19(21-16-29-12-6-5-7-24(29)27-21)15-20(17)28-25(30)11-9-18-13-22(31-2)26(33-4)23(14-18)32-3/h5-16H,1-4H3,(H,28,30)/b11-9+. The zero-order valence-corrected chi connectivity index (χ0v) is 19.0. The van der Waals surface area contributed by atoms with Gasteiger partial charge in [-0.3, -0.25) is 4.79 Å². The Labute approximate surface area is 192 Å². The van der Waals surface area contributed by atoms with E-state index in [-0.39, 0.29) is 5.91 Å². The number of carbonyl (C=O) groups excluding carboxylic acids is 1. The van der Waals surface area contributed by atoms with Crippen molar-refractivity contribution < 1.29 is 19.0 Å². The number of pyridine rings is 1. The molecule has 2 heterocycles. The Balaban J connectivity index is 1.55. The van der Waals surface area contributed by atoms with Gasteiger partial charge in [-0.25, -0.2) is 4.98 Å². The van der Waals surface area contributed by atoms with E-state index in [1.807, 2.05) is 60.1 Å². The molecular weight excluding hydrogens is 418 g/mol. The number of imidazole rings is 1. The van der Waals surface area contributed by atoms with Crippen LogP contribution in [0, 0.1) is 6.92 Å². The highest BCUT2D eigenvalue weighted by Gasteiger charge is 2.12. The minimum Gasteiger partial charge on any atom is -0.493 e. The van der Waals surface area contributed by atoms with Crippen molar-refractivity contribution in [3.63, 3.8) is 0 Å². The van der Waals surface area contributed by atoms with Crippen LogP contribution in [-0.4, -0.2) is 36.6 Å². The van der Waals surface area contributed by atoms with Crippen LogP contribution in [0.4, 0.5) is 5.69 Å². The summed E-state index contributed by atoms with van der Waals surface area (Å²) in [5.74, 6) is 1.29. The van der Waals surface area contributed by atoms with Crippen molar-refractivity contribution in [2.45, 2.75) is 6.92 Å². The van der Waals surface area contributed by atoms with E-state index in [0.29, 0.717) is 17.2 Å². The third kappa shape index (κ3) is 4.67. The van der Waals surface area contributed by atoms with Gasteiger partial charge in [-0.1, -0.05) is 18.2 Å². The van der Waals surface area contributed by atoms with Gasteiger partial charge in [-0.15, -0.1) is 0 Å². The average molecular weight is 444 g/mol. The fraction of sp³-hybridized carbons (Fsp3) is 0.154. The zero-order valence-electron chi connectivity index (χ0n) is 19.0. The number of benzene rings is 2. The van der Waals surface area contributed by atoms with Crippen LogP contribution >= 0.6 is 0 Å². The summed E-state index contributed by atoms with van der Waals surface area (Å²) in [7, 11) is 4.65. The van der Waals surface area contributed by atoms with Gasteiger partial charge in [0.25, 0.3) is 0 Å². The van der Waals surface area contributed by atoms with E-state index in [0.717, 1.165) is 33.7 Å². The van der Waals surface area contributed by atoms with Crippen molar-refractivity contribution in [1.82, 2.24) is 9.38 Å². The molecule has 7 heteroatoms. The first kappa shape index (κ1) is 22.0. The smallest absolute Gasteiger partial charge is 0.248 e. The minimum absolute atomic E-state index is 0.251. The normalized spacial score (nSPS) is 11.0. The van der Waals surface area contributed by atoms with E-state index in [4.69, 9.17) is 14.2 Å². The predicted molar refractivity (Wildman–Crippen MR) is 129 cm³/mol. The third-order valence-electron chi connectivity index (χ3n) is 5.27. The van der Waals surface area contributed by atoms with Gasteiger partial charge in [0.1, 0.15) is 5.65 Å². The maximum atomic E-state index is 12.7. The van der Waals surface area contributed by atoms with Crippen LogP contribution in [-0.2, 0) is 4.79 Å². The average Bonchev–Trinajstić information content (AvgIpc) is 3.27. The van der Waals surface area contributed by atoms with Crippen molar-refractivity contribution >= 4 is 23.3 Å². The highest BCUT2D eigenvalue weighted by Crippen LogP contribution is 2.38. The predicted octanol–water partition coefficient (Wildman–Crippen LogP) is 4.99. The Bertz CT molecular complexity index is 1280. The molecule has 168 valence electrons. The highest BCUT2D eigenvalue weighted by atomic mass is 16.5. The SMILES string of the molecule is COc1cc(/C=C/C(=O)Nc2cc(-c3cn4ccccc4n3)ccc2C)cc(OC)c1OC. The molecule has 0 saturated heterocycles. The molecule has 0 aliphatic rings. The second kappa shape index (κ2) is 9.48. The molecule has 0 atom stereocenters. The van der Waals surface area contributed by atoms with Gasteiger partial charge in [-0.05, 0) is 54.5 Å². The van der Waals surface area contributed by atoms with Gasteiger partial charge < -0.3 is 23.9 Å². The molecule has 0 aliphatic carbocycles. The summed E-state index contributed by atoms with van der Waals surface area (Å²) in [5, 5.41) is 2.96. The number of nitrogens with zero attached hydrogens (tertiary/aromatic N) is 2. The van der Waals surface area contributed by atoms with Gasteiger partial charge in [0.15, 0.2) is 11.5 Å². The molecule has 2 aromatic heterocycles. The van der Waals surface area contributed by atoms with E-state index in [9.17, 15) is 4.79 Å². The summed E-state index contributed by atoms with van der Waals surface area (Å²) in [4.78, 5) is 17.3. The van der Waals surface area contributed by atoms with Gasteiger partial charge in [0, 0.05) is 29.7 Å². The second-order valence-corrected chi connectivity index (χ2v) is 7.40. The lowest BCUT2D eigenvalue weighted by Crippen LogP contribution is -2.09. The molecule has 4 aromatic rings. The number of anilines is 1. The number of methoxy groups -OCH3 is 3. The number of rotatable bonds is 7. The fourth-order valence-corrected chi connectivity index (χ4v) is 3.53. The Morgan fingerprint density at radius 1 is 1.00 bits per heavy atom. The van der Waals surface area contributed by atoms with Crippen molar-refractivity contribution in [3.8, 4) is 28.5 Å². The summed E-state index contributed by atoms with van der Waals surface area (Å²) in [5.41, 5.74) is 5.06. The molecule has 0 aliphatic heterocycles. The number of fused-ring (bicyclic) bond motifs is 1. The van der Waals surface area contributed by atoms with Crippen molar-refractivity contribution in [3.05, 3.63) is 78.1 Å². The number of hydrogen-bond acceptors (Lipinski definition) is 5. The van der Waals surface area contributed by atoms with E-state index in [1.165, 1.54) is 6.08 Å². The molecular formula is C26H25N3O4. The van der Waals surface area contributed by atoms with Crippen LogP contribution in [0.15, 0.2) is 67.0 Å². The Morgan fingerprint density at radius 3 is 2.42 bits per heavy atom. The lowest BCUT2D eigenvalue weighted by Gasteiger charge is -2.13. The van der Waals surface area contributed by atoms with Crippen LogP contribution in [0.5, 0.6) is 17.2 Å². The summed E-state index contributed by atoms with van der Waals surface area (Å²) in [6.45, 7) is 1.95. The Morgan fingerprint density at radius 2 is 1.76 bits per heavy atom. The van der Waals surface area contributed by atoms with Crippen molar-refractivity contribution in [2.24, 2.45) is 0 Å². The lowest BCUT2D eigenvalue weighted by atomic mass is 10.1. The maximum Gasteiger partial charge on any atom is 0.248 e. The van der Waals surface area contributed by atoms with Crippen molar-refractivity contribution in [2.75, 3.05) is 26.6 Å². The van der Waals surface area contributed by atoms with E-state index >= 15 is 0 Å². The summed E-state index contributed by atoms with van der Waals surface area (Å²) < 4.78 is 18.0. The van der Waals surface area contributed by atoms with Gasteiger partial charge >= 0.3 is 0 Å². The lowest BCUT2D eigenvalue weighted by molar-refractivity contribution is -0.111. The molecule has 0 fully saturated rings. The molecule has 2 aromatic carbocycles. The molecule has 7 nitrogen and oxygen atoms in total. The third-order valence-corrected chi connectivity index (χ3v) is 5.27. The van der Waals surface area contributed by atoms with Gasteiger partial charge in [0.2, 0.25) is 11.7 Å². The summed E-state index contributed by atoms with van der Waals surface area (Å²) in [6, 6.07) is 15.3. The molecule has 0 unspecified atom stereocenters. The number of ether oxygens (including phenoxy) is 3. The number of nitrogens with one attached hydrogen (secondary N) is 1. The number of aromatic nitrogens is 2. The quantitative estimate of drug-likeness (QED) is 0.408. The zero-order chi connectivity index (χ0) is 23.4.